The molecule has 31 heavy (non-hydrogen) atoms. The maximum atomic E-state index is 13.7. The molecule has 4 unspecified atom stereocenters. The molecule has 3 aliphatic rings. The van der Waals surface area contributed by atoms with Gasteiger partial charge in [0.1, 0.15) is 18.2 Å². The predicted octanol–water partition coefficient (Wildman–Crippen LogP) is 2.55. The standard InChI is InChI=1S/C22H22FN7O/c1-13-3-2-4-16(19(13)30-26-5-6-27-30)21(31)29-12-14-7-22(14)8-17(20(22)29)28-18-11-24-15(9-23)10-25-18/h2-6,10-11,14,17,20H,7-9,12H2,1H3,(H,25,28). The number of carbonyl (C=O) groups excluding carboxylic acids is 1. The molecule has 1 spiro atoms. The first-order chi connectivity index (χ1) is 15.1. The number of hydrogen-bond acceptors (Lipinski definition) is 6. The summed E-state index contributed by atoms with van der Waals surface area (Å²) in [4.78, 5) is 25.6. The van der Waals surface area contributed by atoms with Crippen molar-refractivity contribution in [2.45, 2.75) is 38.5 Å². The monoisotopic (exact) mass is 419 g/mol. The molecular formula is C22H22FN7O. The summed E-state index contributed by atoms with van der Waals surface area (Å²) in [5, 5.41) is 11.9. The second-order valence-corrected chi connectivity index (χ2v) is 8.81. The van der Waals surface area contributed by atoms with Crippen LogP contribution in [0.5, 0.6) is 0 Å². The van der Waals surface area contributed by atoms with E-state index in [4.69, 9.17) is 0 Å². The molecule has 1 aliphatic heterocycles. The number of halogens is 1. The number of rotatable bonds is 5. The number of nitrogens with zero attached hydrogens (tertiary/aromatic N) is 6. The average Bonchev–Trinajstić information content (AvgIpc) is 3.14. The first kappa shape index (κ1) is 18.4. The van der Waals surface area contributed by atoms with Crippen molar-refractivity contribution in [3.8, 4) is 5.69 Å². The summed E-state index contributed by atoms with van der Waals surface area (Å²) in [6.07, 6.45) is 8.43. The van der Waals surface area contributed by atoms with Crippen molar-refractivity contribution in [1.29, 1.82) is 0 Å². The number of carbonyl (C=O) groups is 1. The highest BCUT2D eigenvalue weighted by Gasteiger charge is 2.75. The number of benzene rings is 1. The minimum Gasteiger partial charge on any atom is -0.364 e. The second kappa shape index (κ2) is 6.57. The molecule has 3 heterocycles. The first-order valence-corrected chi connectivity index (χ1v) is 10.5. The zero-order valence-corrected chi connectivity index (χ0v) is 17.1. The zero-order valence-electron chi connectivity index (χ0n) is 17.1. The second-order valence-electron chi connectivity index (χ2n) is 8.81. The Morgan fingerprint density at radius 1 is 1.23 bits per heavy atom. The minimum atomic E-state index is -0.629. The number of piperidine rings is 1. The lowest BCUT2D eigenvalue weighted by molar-refractivity contribution is 0.0471. The van der Waals surface area contributed by atoms with Gasteiger partial charge in [0.2, 0.25) is 0 Å². The maximum absolute atomic E-state index is 13.7. The van der Waals surface area contributed by atoms with Gasteiger partial charge >= 0.3 is 0 Å². The highest BCUT2D eigenvalue weighted by molar-refractivity contribution is 5.99. The Morgan fingerprint density at radius 2 is 2.06 bits per heavy atom. The number of likely N-dealkylation sites (tertiary alicyclic amines) is 1. The van der Waals surface area contributed by atoms with E-state index >= 15 is 0 Å². The molecule has 2 saturated carbocycles. The Morgan fingerprint density at radius 3 is 2.81 bits per heavy atom. The van der Waals surface area contributed by atoms with Crippen molar-refractivity contribution in [2.24, 2.45) is 11.3 Å². The summed E-state index contributed by atoms with van der Waals surface area (Å²) in [5.74, 6) is 1.19. The van der Waals surface area contributed by atoms with Crippen LogP contribution >= 0.6 is 0 Å². The van der Waals surface area contributed by atoms with Crippen LogP contribution in [0.15, 0.2) is 43.0 Å². The van der Waals surface area contributed by atoms with Crippen LogP contribution in [0.1, 0.15) is 34.5 Å². The van der Waals surface area contributed by atoms with Gasteiger partial charge in [0.15, 0.2) is 0 Å². The third-order valence-corrected chi connectivity index (χ3v) is 7.13. The number of amides is 1. The highest BCUT2D eigenvalue weighted by Crippen LogP contribution is 2.71. The summed E-state index contributed by atoms with van der Waals surface area (Å²) < 4.78 is 12.7. The lowest BCUT2D eigenvalue weighted by Crippen LogP contribution is -2.60. The van der Waals surface area contributed by atoms with Crippen molar-refractivity contribution in [2.75, 3.05) is 11.9 Å². The first-order valence-electron chi connectivity index (χ1n) is 10.5. The molecule has 3 aromatic rings. The summed E-state index contributed by atoms with van der Waals surface area (Å²) in [7, 11) is 0. The van der Waals surface area contributed by atoms with Crippen molar-refractivity contribution in [1.82, 2.24) is 29.9 Å². The van der Waals surface area contributed by atoms with Crippen LogP contribution in [0.2, 0.25) is 0 Å². The van der Waals surface area contributed by atoms with Gasteiger partial charge in [-0.1, -0.05) is 12.1 Å². The van der Waals surface area contributed by atoms with Crippen molar-refractivity contribution in [3.05, 3.63) is 59.8 Å². The number of para-hydroxylation sites is 1. The number of alkyl halides is 1. The summed E-state index contributed by atoms with van der Waals surface area (Å²) in [6.45, 7) is 2.11. The summed E-state index contributed by atoms with van der Waals surface area (Å²) >= 11 is 0. The summed E-state index contributed by atoms with van der Waals surface area (Å²) in [5.41, 5.74) is 2.84. The zero-order chi connectivity index (χ0) is 21.2. The lowest BCUT2D eigenvalue weighted by atomic mass is 9.71. The van der Waals surface area contributed by atoms with E-state index in [9.17, 15) is 9.18 Å². The smallest absolute Gasteiger partial charge is 0.256 e. The molecule has 1 amide bonds. The van der Waals surface area contributed by atoms with E-state index in [2.05, 4.69) is 25.5 Å². The van der Waals surface area contributed by atoms with E-state index in [1.807, 2.05) is 30.0 Å². The van der Waals surface area contributed by atoms with Crippen LogP contribution in [0.4, 0.5) is 10.2 Å². The molecule has 1 N–H and O–H groups in total. The molecule has 1 saturated heterocycles. The van der Waals surface area contributed by atoms with Crippen molar-refractivity contribution < 1.29 is 9.18 Å². The van der Waals surface area contributed by atoms with E-state index in [1.54, 1.807) is 18.6 Å². The Bertz CT molecular complexity index is 1150. The molecule has 158 valence electrons. The molecule has 0 bridgehead atoms. The molecule has 2 aromatic heterocycles. The lowest BCUT2D eigenvalue weighted by Gasteiger charge is -2.48. The summed E-state index contributed by atoms with van der Waals surface area (Å²) in [6, 6.07) is 5.95. The third-order valence-electron chi connectivity index (χ3n) is 7.13. The van der Waals surface area contributed by atoms with Crippen LogP contribution in [0.3, 0.4) is 0 Å². The van der Waals surface area contributed by atoms with E-state index in [0.717, 1.165) is 24.2 Å². The number of nitrogens with one attached hydrogen (secondary N) is 1. The van der Waals surface area contributed by atoms with Gasteiger partial charge < -0.3 is 10.2 Å². The molecule has 3 fully saturated rings. The van der Waals surface area contributed by atoms with Crippen LogP contribution in [0, 0.1) is 18.3 Å². The van der Waals surface area contributed by atoms with Crippen LogP contribution in [0.25, 0.3) is 5.69 Å². The van der Waals surface area contributed by atoms with E-state index in [-0.39, 0.29) is 23.4 Å². The van der Waals surface area contributed by atoms with Crippen LogP contribution in [-0.4, -0.2) is 54.4 Å². The Kier molecular flexibility index (Phi) is 3.90. The molecule has 0 radical (unpaired) electrons. The predicted molar refractivity (Wildman–Crippen MR) is 110 cm³/mol. The molecule has 6 rings (SSSR count). The van der Waals surface area contributed by atoms with Gasteiger partial charge in [0, 0.05) is 12.6 Å². The highest BCUT2D eigenvalue weighted by atomic mass is 19.1. The van der Waals surface area contributed by atoms with Crippen molar-refractivity contribution >= 4 is 11.7 Å². The van der Waals surface area contributed by atoms with Gasteiger partial charge in [-0.25, -0.2) is 9.37 Å². The Balaban J connectivity index is 1.28. The van der Waals surface area contributed by atoms with Gasteiger partial charge in [-0.05, 0) is 42.7 Å². The number of aromatic nitrogens is 5. The van der Waals surface area contributed by atoms with Gasteiger partial charge in [0.05, 0.1) is 42.1 Å². The fraction of sp³-hybridized carbons (Fsp3) is 0.409. The topological polar surface area (TPSA) is 88.8 Å². The van der Waals surface area contributed by atoms with E-state index < -0.39 is 6.67 Å². The largest absolute Gasteiger partial charge is 0.364 e. The third kappa shape index (κ3) is 2.68. The van der Waals surface area contributed by atoms with Crippen molar-refractivity contribution in [3.63, 3.8) is 0 Å². The fourth-order valence-electron chi connectivity index (χ4n) is 5.63. The van der Waals surface area contributed by atoms with Crippen LogP contribution in [-0.2, 0) is 6.67 Å². The SMILES string of the molecule is Cc1cccc(C(=O)N2CC3CC34CC(Nc3cnc(CF)cn3)C24)c1-n1nccn1. The minimum absolute atomic E-state index is 0.0120. The van der Waals surface area contributed by atoms with Gasteiger partial charge in [-0.15, -0.1) is 0 Å². The quantitative estimate of drug-likeness (QED) is 0.684. The Hall–Kier alpha value is -3.36. The molecule has 2 aliphatic carbocycles. The fourth-order valence-corrected chi connectivity index (χ4v) is 5.63. The molecule has 8 nitrogen and oxygen atoms in total. The Labute approximate surface area is 178 Å². The molecule has 4 atom stereocenters. The number of hydrogen-bond donors (Lipinski definition) is 1. The van der Waals surface area contributed by atoms with Crippen LogP contribution < -0.4 is 5.32 Å². The number of anilines is 1. The molecule has 9 heteroatoms. The van der Waals surface area contributed by atoms with E-state index in [1.165, 1.54) is 17.4 Å². The van der Waals surface area contributed by atoms with E-state index in [0.29, 0.717) is 23.0 Å². The van der Waals surface area contributed by atoms with Gasteiger partial charge in [-0.2, -0.15) is 15.0 Å². The average molecular weight is 419 g/mol. The van der Waals surface area contributed by atoms with Gasteiger partial charge in [-0.3, -0.25) is 9.78 Å². The molecule has 1 aromatic carbocycles. The molecular weight excluding hydrogens is 397 g/mol. The number of aryl methyl sites for hydroxylation is 1. The maximum Gasteiger partial charge on any atom is 0.256 e. The van der Waals surface area contributed by atoms with Gasteiger partial charge in [0.25, 0.3) is 5.91 Å². The normalized spacial score (nSPS) is 27.9.